The Bertz CT molecular complexity index is 529. The van der Waals surface area contributed by atoms with Crippen LogP contribution in [0.1, 0.15) is 33.1 Å². The zero-order valence-electron chi connectivity index (χ0n) is 10.8. The van der Waals surface area contributed by atoms with E-state index in [4.69, 9.17) is 0 Å². The maximum Gasteiger partial charge on any atom is 0.152 e. The molecule has 1 aliphatic heterocycles. The molecule has 0 bridgehead atoms. The van der Waals surface area contributed by atoms with Gasteiger partial charge in [0, 0.05) is 12.1 Å². The lowest BCUT2D eigenvalue weighted by atomic mass is 10.00. The first-order valence-corrected chi connectivity index (χ1v) is 7.37. The monoisotopic (exact) mass is 262 g/mol. The van der Waals surface area contributed by atoms with Crippen LogP contribution < -0.4 is 5.43 Å². The van der Waals surface area contributed by atoms with Crippen LogP contribution in [0.5, 0.6) is 0 Å². The van der Waals surface area contributed by atoms with Crippen molar-refractivity contribution in [3.05, 3.63) is 17.8 Å². The maximum absolute atomic E-state index is 4.38. The molecule has 1 N–H and O–H groups in total. The molecule has 3 rings (SSSR count). The molecular weight excluding hydrogens is 244 g/mol. The van der Waals surface area contributed by atoms with Crippen LogP contribution in [-0.2, 0) is 0 Å². The van der Waals surface area contributed by atoms with Crippen molar-refractivity contribution in [3.63, 3.8) is 0 Å². The molecule has 1 aliphatic rings. The minimum atomic E-state index is 0.553. The summed E-state index contributed by atoms with van der Waals surface area (Å²) < 4.78 is 0. The third kappa shape index (κ3) is 2.08. The summed E-state index contributed by atoms with van der Waals surface area (Å²) in [6, 6.07) is 3.19. The Morgan fingerprint density at radius 3 is 2.83 bits per heavy atom. The van der Waals surface area contributed by atoms with Crippen molar-refractivity contribution < 1.29 is 0 Å². The Morgan fingerprint density at radius 2 is 2.06 bits per heavy atom. The van der Waals surface area contributed by atoms with E-state index < -0.39 is 0 Å². The number of hydrogen-bond acceptors (Lipinski definition) is 5. The van der Waals surface area contributed by atoms with Gasteiger partial charge in [0.15, 0.2) is 5.82 Å². The number of thiophene rings is 1. The van der Waals surface area contributed by atoms with Crippen molar-refractivity contribution in [1.29, 1.82) is 0 Å². The van der Waals surface area contributed by atoms with Gasteiger partial charge in [-0.2, -0.15) is 0 Å². The Balaban J connectivity index is 1.89. The molecule has 2 aromatic heterocycles. The van der Waals surface area contributed by atoms with Gasteiger partial charge in [-0.15, -0.1) is 11.3 Å². The first-order valence-electron chi connectivity index (χ1n) is 6.49. The lowest BCUT2D eigenvalue weighted by Gasteiger charge is -2.39. The number of aromatic nitrogens is 2. The van der Waals surface area contributed by atoms with Gasteiger partial charge in [0.25, 0.3) is 0 Å². The number of hydrogen-bond donors (Lipinski definition) is 1. The van der Waals surface area contributed by atoms with Gasteiger partial charge >= 0.3 is 0 Å². The molecule has 0 spiro atoms. The largest absolute Gasteiger partial charge is 0.302 e. The lowest BCUT2D eigenvalue weighted by molar-refractivity contribution is 0.135. The van der Waals surface area contributed by atoms with E-state index in [1.165, 1.54) is 19.3 Å². The summed E-state index contributed by atoms with van der Waals surface area (Å²) in [6.45, 7) is 4.54. The first-order chi connectivity index (χ1) is 8.75. The van der Waals surface area contributed by atoms with E-state index in [1.54, 1.807) is 17.7 Å². The van der Waals surface area contributed by atoms with E-state index in [0.717, 1.165) is 16.0 Å². The molecule has 2 aromatic rings. The Hall–Kier alpha value is -1.20. The minimum absolute atomic E-state index is 0.553. The van der Waals surface area contributed by atoms with Crippen molar-refractivity contribution in [1.82, 2.24) is 15.0 Å². The summed E-state index contributed by atoms with van der Waals surface area (Å²) >= 11 is 1.66. The predicted octanol–water partition coefficient (Wildman–Crippen LogP) is 3.28. The highest BCUT2D eigenvalue weighted by molar-refractivity contribution is 7.16. The van der Waals surface area contributed by atoms with E-state index in [0.29, 0.717) is 12.1 Å². The van der Waals surface area contributed by atoms with E-state index in [1.807, 2.05) is 0 Å². The van der Waals surface area contributed by atoms with Crippen LogP contribution in [0, 0.1) is 0 Å². The van der Waals surface area contributed by atoms with Crippen LogP contribution in [0.2, 0.25) is 0 Å². The molecule has 4 nitrogen and oxygen atoms in total. The van der Waals surface area contributed by atoms with Gasteiger partial charge in [-0.25, -0.2) is 15.0 Å². The Kier molecular flexibility index (Phi) is 3.18. The number of piperidine rings is 1. The number of anilines is 1. The molecule has 5 heteroatoms. The molecular formula is C13H18N4S. The average molecular weight is 262 g/mol. The van der Waals surface area contributed by atoms with Gasteiger partial charge in [0.05, 0.1) is 5.39 Å². The van der Waals surface area contributed by atoms with Gasteiger partial charge in [-0.1, -0.05) is 6.42 Å². The summed E-state index contributed by atoms with van der Waals surface area (Å²) in [4.78, 5) is 9.71. The fourth-order valence-corrected chi connectivity index (χ4v) is 3.38. The van der Waals surface area contributed by atoms with Gasteiger partial charge < -0.3 is 5.43 Å². The summed E-state index contributed by atoms with van der Waals surface area (Å²) in [5.41, 5.74) is 3.50. The zero-order chi connectivity index (χ0) is 12.5. The van der Waals surface area contributed by atoms with Crippen LogP contribution in [0.3, 0.4) is 0 Å². The summed E-state index contributed by atoms with van der Waals surface area (Å²) in [6.07, 6.45) is 5.45. The van der Waals surface area contributed by atoms with Gasteiger partial charge in [0.1, 0.15) is 11.2 Å². The fourth-order valence-electron chi connectivity index (χ4n) is 2.64. The predicted molar refractivity (Wildman–Crippen MR) is 75.7 cm³/mol. The molecule has 18 heavy (non-hydrogen) atoms. The number of nitrogens with one attached hydrogen (secondary N) is 1. The highest BCUT2D eigenvalue weighted by Gasteiger charge is 2.25. The summed E-state index contributed by atoms with van der Waals surface area (Å²) in [5.74, 6) is 0.932. The average Bonchev–Trinajstić information content (AvgIpc) is 2.83. The lowest BCUT2D eigenvalue weighted by Crippen LogP contribution is -2.47. The SMILES string of the molecule is CC1CCCC(C)N1Nc1ncnc2sccc12. The zero-order valence-corrected chi connectivity index (χ0v) is 11.6. The van der Waals surface area contributed by atoms with Crippen molar-refractivity contribution in [2.24, 2.45) is 0 Å². The Morgan fingerprint density at radius 1 is 1.28 bits per heavy atom. The highest BCUT2D eigenvalue weighted by Crippen LogP contribution is 2.27. The second-order valence-corrected chi connectivity index (χ2v) is 5.90. The number of hydrazine groups is 1. The van der Waals surface area contributed by atoms with E-state index in [9.17, 15) is 0 Å². The quantitative estimate of drug-likeness (QED) is 0.901. The molecule has 0 aromatic carbocycles. The van der Waals surface area contributed by atoms with Crippen molar-refractivity contribution >= 4 is 27.4 Å². The standard InChI is InChI=1S/C13H18N4S/c1-9-4-3-5-10(2)17(9)16-12-11-6-7-18-13(11)15-8-14-12/h6-10H,3-5H2,1-2H3,(H,14,15,16). The molecule has 0 aliphatic carbocycles. The molecule has 1 fully saturated rings. The molecule has 2 unspecified atom stereocenters. The van der Waals surface area contributed by atoms with E-state index in [-0.39, 0.29) is 0 Å². The fraction of sp³-hybridized carbons (Fsp3) is 0.538. The Labute approximate surface area is 111 Å². The summed E-state index contributed by atoms with van der Waals surface area (Å²) in [7, 11) is 0. The molecule has 0 radical (unpaired) electrons. The molecule has 2 atom stereocenters. The van der Waals surface area contributed by atoms with E-state index >= 15 is 0 Å². The van der Waals surface area contributed by atoms with E-state index in [2.05, 4.69) is 45.7 Å². The van der Waals surface area contributed by atoms with Crippen LogP contribution in [0.4, 0.5) is 5.82 Å². The van der Waals surface area contributed by atoms with Gasteiger partial charge in [0.2, 0.25) is 0 Å². The van der Waals surface area contributed by atoms with Crippen molar-refractivity contribution in [2.45, 2.75) is 45.2 Å². The van der Waals surface area contributed by atoms with Crippen molar-refractivity contribution in [2.75, 3.05) is 5.43 Å². The van der Waals surface area contributed by atoms with Crippen LogP contribution in [0.15, 0.2) is 17.8 Å². The molecule has 96 valence electrons. The topological polar surface area (TPSA) is 41.0 Å². The van der Waals surface area contributed by atoms with Crippen LogP contribution in [-0.4, -0.2) is 27.1 Å². The minimum Gasteiger partial charge on any atom is -0.302 e. The van der Waals surface area contributed by atoms with Crippen molar-refractivity contribution in [3.8, 4) is 0 Å². The maximum atomic E-state index is 4.38. The third-order valence-corrected chi connectivity index (χ3v) is 4.51. The molecule has 0 saturated carbocycles. The normalized spacial score (nSPS) is 25.4. The third-order valence-electron chi connectivity index (χ3n) is 3.69. The second-order valence-electron chi connectivity index (χ2n) is 5.01. The second kappa shape index (κ2) is 4.82. The van der Waals surface area contributed by atoms with Gasteiger partial charge in [-0.05, 0) is 38.1 Å². The molecule has 0 amide bonds. The number of fused-ring (bicyclic) bond motifs is 1. The summed E-state index contributed by atoms with van der Waals surface area (Å²) in [5, 5.41) is 5.52. The first kappa shape index (κ1) is 11.9. The van der Waals surface area contributed by atoms with Crippen LogP contribution >= 0.6 is 11.3 Å². The van der Waals surface area contributed by atoms with Crippen LogP contribution in [0.25, 0.3) is 10.2 Å². The smallest absolute Gasteiger partial charge is 0.152 e. The molecule has 1 saturated heterocycles. The highest BCUT2D eigenvalue weighted by atomic mass is 32.1. The number of nitrogens with zero attached hydrogens (tertiary/aromatic N) is 3. The molecule has 3 heterocycles. The number of rotatable bonds is 2. The van der Waals surface area contributed by atoms with Gasteiger partial charge in [-0.3, -0.25) is 0 Å².